The molecule has 1 unspecified atom stereocenters. The first kappa shape index (κ1) is 69.8. The molecule has 422 valence electrons. The van der Waals surface area contributed by atoms with Gasteiger partial charge in [-0.3, -0.25) is 14.4 Å². The summed E-state index contributed by atoms with van der Waals surface area (Å²) in [6, 6.07) is 0. The van der Waals surface area contributed by atoms with E-state index in [2.05, 4.69) is 81.5 Å². The average Bonchev–Trinajstić information content (AvgIpc) is 3.39. The van der Waals surface area contributed by atoms with Crippen molar-refractivity contribution in [3.8, 4) is 0 Å². The van der Waals surface area contributed by atoms with Gasteiger partial charge >= 0.3 is 17.9 Å². The molecule has 0 spiro atoms. The van der Waals surface area contributed by atoms with E-state index in [1.54, 1.807) is 6.08 Å². The molecule has 6 heteroatoms. The molecule has 0 aliphatic heterocycles. The second-order valence-corrected chi connectivity index (χ2v) is 21.0. The van der Waals surface area contributed by atoms with Crippen molar-refractivity contribution in [2.24, 2.45) is 0 Å². The van der Waals surface area contributed by atoms with Gasteiger partial charge in [0.15, 0.2) is 6.10 Å². The smallest absolute Gasteiger partial charge is 0.309 e. The predicted molar refractivity (Wildman–Crippen MR) is 316 cm³/mol. The van der Waals surface area contributed by atoms with Crippen LogP contribution in [-0.4, -0.2) is 37.2 Å². The summed E-state index contributed by atoms with van der Waals surface area (Å²) in [6.07, 6.45) is 79.4. The molecule has 0 heterocycles. The van der Waals surface area contributed by atoms with E-state index in [1.165, 1.54) is 205 Å². The Bertz CT molecular complexity index is 1360. The summed E-state index contributed by atoms with van der Waals surface area (Å²) in [5.41, 5.74) is 0. The zero-order valence-corrected chi connectivity index (χ0v) is 48.4. The zero-order chi connectivity index (χ0) is 52.9. The lowest BCUT2D eigenvalue weighted by molar-refractivity contribution is -0.166. The van der Waals surface area contributed by atoms with E-state index in [1.807, 2.05) is 6.08 Å². The Morgan fingerprint density at radius 3 is 0.945 bits per heavy atom. The number of allylic oxidation sites excluding steroid dienone is 11. The Labute approximate surface area is 453 Å². The second kappa shape index (κ2) is 61.4. The molecule has 0 aromatic heterocycles. The van der Waals surface area contributed by atoms with E-state index in [4.69, 9.17) is 14.2 Å². The van der Waals surface area contributed by atoms with Gasteiger partial charge in [-0.1, -0.05) is 299 Å². The lowest BCUT2D eigenvalue weighted by Gasteiger charge is -2.18. The number of carbonyl (C=O) groups is 3. The predicted octanol–water partition coefficient (Wildman–Crippen LogP) is 21.3. The van der Waals surface area contributed by atoms with Crippen molar-refractivity contribution >= 4 is 17.9 Å². The number of rotatable bonds is 57. The largest absolute Gasteiger partial charge is 0.462 e. The van der Waals surface area contributed by atoms with Gasteiger partial charge < -0.3 is 14.2 Å². The third-order valence-electron chi connectivity index (χ3n) is 13.7. The highest BCUT2D eigenvalue weighted by molar-refractivity contribution is 5.72. The molecule has 0 aromatic carbocycles. The second-order valence-electron chi connectivity index (χ2n) is 21.0. The minimum absolute atomic E-state index is 0.103. The molecule has 0 N–H and O–H groups in total. The third-order valence-corrected chi connectivity index (χ3v) is 13.7. The lowest BCUT2D eigenvalue weighted by Crippen LogP contribution is -2.30. The number of ether oxygens (including phenoxy) is 3. The Kier molecular flexibility index (Phi) is 58.7. The summed E-state index contributed by atoms with van der Waals surface area (Å²) in [6.45, 7) is 6.48. The van der Waals surface area contributed by atoms with Crippen LogP contribution in [0.2, 0.25) is 0 Å². The molecule has 0 fully saturated rings. The maximum absolute atomic E-state index is 12.9. The zero-order valence-electron chi connectivity index (χ0n) is 48.4. The molecule has 0 rings (SSSR count). The standard InChI is InChI=1S/C67H118O6/c1-4-7-10-13-16-19-22-25-28-30-32-33-35-36-39-42-45-48-51-54-57-60-66(69)72-63-64(62-71-65(68)59-56-53-50-47-44-41-38-27-24-21-18-15-12-9-6-3)73-67(70)61-58-55-52-49-46-43-40-37-34-31-29-26-23-20-17-14-11-8-5-2/h9,12,18,21,26-27,29,38,44,47,53,56,64H,4-8,10-11,13-17,19-20,22-25,28,30-37,39-43,45-46,48-52,54-55,57-63H2,1-3H3/b12-9-,21-18-,29-26-,38-27-,47-44-,56-53-. The minimum atomic E-state index is -0.815. The molecule has 73 heavy (non-hydrogen) atoms. The van der Waals surface area contributed by atoms with E-state index < -0.39 is 12.1 Å². The topological polar surface area (TPSA) is 78.9 Å². The van der Waals surface area contributed by atoms with Crippen LogP contribution in [0.5, 0.6) is 0 Å². The summed E-state index contributed by atoms with van der Waals surface area (Å²) in [7, 11) is 0. The van der Waals surface area contributed by atoms with Crippen LogP contribution in [0.1, 0.15) is 316 Å². The quantitative estimate of drug-likeness (QED) is 0.0261. The maximum atomic E-state index is 12.9. The molecular weight excluding hydrogens is 901 g/mol. The van der Waals surface area contributed by atoms with Crippen LogP contribution in [-0.2, 0) is 28.6 Å². The van der Waals surface area contributed by atoms with Crippen molar-refractivity contribution in [1.29, 1.82) is 0 Å². The number of hydrogen-bond acceptors (Lipinski definition) is 6. The molecule has 0 radical (unpaired) electrons. The van der Waals surface area contributed by atoms with E-state index in [9.17, 15) is 14.4 Å². The van der Waals surface area contributed by atoms with E-state index in [0.717, 1.165) is 70.6 Å². The van der Waals surface area contributed by atoms with E-state index in [0.29, 0.717) is 12.8 Å². The van der Waals surface area contributed by atoms with Crippen molar-refractivity contribution < 1.29 is 28.6 Å². The van der Waals surface area contributed by atoms with Crippen LogP contribution in [0.4, 0.5) is 0 Å². The highest BCUT2D eigenvalue weighted by Crippen LogP contribution is 2.17. The van der Waals surface area contributed by atoms with Crippen LogP contribution < -0.4 is 0 Å². The molecule has 0 saturated heterocycles. The monoisotopic (exact) mass is 1020 g/mol. The fourth-order valence-electron chi connectivity index (χ4n) is 9.04. The highest BCUT2D eigenvalue weighted by atomic mass is 16.6. The minimum Gasteiger partial charge on any atom is -0.462 e. The van der Waals surface area contributed by atoms with Gasteiger partial charge in [-0.25, -0.2) is 0 Å². The van der Waals surface area contributed by atoms with Gasteiger partial charge in [0.1, 0.15) is 13.2 Å². The molecule has 0 saturated carbocycles. The summed E-state index contributed by atoms with van der Waals surface area (Å²) in [4.78, 5) is 38.2. The molecule has 6 nitrogen and oxygen atoms in total. The van der Waals surface area contributed by atoms with Crippen LogP contribution in [0, 0.1) is 0 Å². The van der Waals surface area contributed by atoms with Gasteiger partial charge in [0.2, 0.25) is 0 Å². The van der Waals surface area contributed by atoms with Crippen molar-refractivity contribution in [1.82, 2.24) is 0 Å². The first-order valence-corrected chi connectivity index (χ1v) is 31.4. The van der Waals surface area contributed by atoms with E-state index in [-0.39, 0.29) is 31.6 Å². The van der Waals surface area contributed by atoms with Crippen molar-refractivity contribution in [3.05, 3.63) is 72.9 Å². The molecule has 0 bridgehead atoms. The maximum Gasteiger partial charge on any atom is 0.309 e. The third kappa shape index (κ3) is 59.6. The first-order valence-electron chi connectivity index (χ1n) is 31.4. The van der Waals surface area contributed by atoms with Crippen molar-refractivity contribution in [2.75, 3.05) is 13.2 Å². The van der Waals surface area contributed by atoms with Gasteiger partial charge in [-0.2, -0.15) is 0 Å². The number of unbranched alkanes of at least 4 members (excludes halogenated alkanes) is 35. The molecule has 0 aliphatic rings. The van der Waals surface area contributed by atoms with Gasteiger partial charge in [-0.05, 0) is 70.6 Å². The average molecular weight is 1020 g/mol. The SMILES string of the molecule is CC/C=C\C/C=C\C/C=C\C/C=C\C/C=C\CC(=O)OCC(COC(=O)CCCCCCCCCCCCCCCCCCCCCCC)OC(=O)CCCCCCCCCCC/C=C\CCCCCCCC. The normalized spacial score (nSPS) is 12.5. The summed E-state index contributed by atoms with van der Waals surface area (Å²) in [5.74, 6) is -1.02. The molecule has 0 aliphatic carbocycles. The van der Waals surface area contributed by atoms with Crippen LogP contribution >= 0.6 is 0 Å². The highest BCUT2D eigenvalue weighted by Gasteiger charge is 2.19. The van der Waals surface area contributed by atoms with Crippen LogP contribution in [0.25, 0.3) is 0 Å². The fraction of sp³-hybridized carbons (Fsp3) is 0.776. The van der Waals surface area contributed by atoms with Gasteiger partial charge in [-0.15, -0.1) is 0 Å². The van der Waals surface area contributed by atoms with Gasteiger partial charge in [0.05, 0.1) is 6.42 Å². The molecule has 1 atom stereocenters. The van der Waals surface area contributed by atoms with Crippen molar-refractivity contribution in [2.45, 2.75) is 322 Å². The number of esters is 3. The number of hydrogen-bond donors (Lipinski definition) is 0. The Balaban J connectivity index is 4.40. The summed E-state index contributed by atoms with van der Waals surface area (Å²) < 4.78 is 16.8. The first-order chi connectivity index (χ1) is 36.0. The van der Waals surface area contributed by atoms with Gasteiger partial charge in [0, 0.05) is 12.8 Å². The molecule has 0 aromatic rings. The molecular formula is C67H118O6. The lowest BCUT2D eigenvalue weighted by atomic mass is 10.0. The summed E-state index contributed by atoms with van der Waals surface area (Å²) >= 11 is 0. The van der Waals surface area contributed by atoms with Gasteiger partial charge in [0.25, 0.3) is 0 Å². The van der Waals surface area contributed by atoms with Crippen LogP contribution in [0.15, 0.2) is 72.9 Å². The fourth-order valence-corrected chi connectivity index (χ4v) is 9.04. The number of carbonyl (C=O) groups excluding carboxylic acids is 3. The van der Waals surface area contributed by atoms with E-state index >= 15 is 0 Å². The Hall–Kier alpha value is -3.15. The Morgan fingerprint density at radius 1 is 0.301 bits per heavy atom. The van der Waals surface area contributed by atoms with Crippen molar-refractivity contribution in [3.63, 3.8) is 0 Å². The van der Waals surface area contributed by atoms with Crippen LogP contribution in [0.3, 0.4) is 0 Å². The molecule has 0 amide bonds. The Morgan fingerprint density at radius 2 is 0.589 bits per heavy atom. The summed E-state index contributed by atoms with van der Waals surface area (Å²) in [5, 5.41) is 0.